The highest BCUT2D eigenvalue weighted by Crippen LogP contribution is 2.29. The maximum Gasteiger partial charge on any atom is 0.419 e. The van der Waals surface area contributed by atoms with Gasteiger partial charge < -0.3 is 4.74 Å². The second-order valence-electron chi connectivity index (χ2n) is 6.98. The normalized spacial score (nSPS) is 11.7. The Hall–Kier alpha value is -3.20. The van der Waals surface area contributed by atoms with Gasteiger partial charge in [0.1, 0.15) is 11.5 Å². The van der Waals surface area contributed by atoms with Crippen molar-refractivity contribution in [3.63, 3.8) is 0 Å². The second kappa shape index (κ2) is 8.95. The first-order valence-corrected chi connectivity index (χ1v) is 8.44. The number of ether oxygens (including phenoxy) is 1. The van der Waals surface area contributed by atoms with Crippen LogP contribution in [-0.2, 0) is 9.53 Å². The van der Waals surface area contributed by atoms with Gasteiger partial charge in [0.05, 0.1) is 5.92 Å². The number of nitrogens with one attached hydrogen (secondary N) is 1. The Morgan fingerprint density at radius 3 is 2.48 bits per heavy atom. The van der Waals surface area contributed by atoms with Gasteiger partial charge in [-0.25, -0.2) is 14.2 Å². The van der Waals surface area contributed by atoms with Gasteiger partial charge in [-0.15, -0.1) is 0 Å². The zero-order chi connectivity index (χ0) is 19.9. The van der Waals surface area contributed by atoms with Gasteiger partial charge in [-0.2, -0.15) is 0 Å². The van der Waals surface area contributed by atoms with Gasteiger partial charge in [-0.3, -0.25) is 10.1 Å². The van der Waals surface area contributed by atoms with Crippen LogP contribution in [0.4, 0.5) is 14.9 Å². The van der Waals surface area contributed by atoms with Crippen molar-refractivity contribution in [2.24, 2.45) is 11.3 Å². The van der Waals surface area contributed by atoms with Crippen molar-refractivity contribution in [1.29, 1.82) is 0 Å². The number of hydrogen-bond acceptors (Lipinski definition) is 4. The number of aromatic nitrogens is 1. The van der Waals surface area contributed by atoms with Crippen LogP contribution >= 0.6 is 0 Å². The first-order chi connectivity index (χ1) is 12.8. The zero-order valence-corrected chi connectivity index (χ0v) is 15.5. The lowest BCUT2D eigenvalue weighted by Gasteiger charge is -2.26. The summed E-state index contributed by atoms with van der Waals surface area (Å²) in [6, 6.07) is 10.5. The van der Waals surface area contributed by atoms with E-state index in [2.05, 4.69) is 22.1 Å². The van der Waals surface area contributed by atoms with Gasteiger partial charge >= 0.3 is 12.1 Å². The fourth-order valence-electron chi connectivity index (χ4n) is 2.26. The third-order valence-electron chi connectivity index (χ3n) is 3.80. The molecule has 2 aromatic rings. The van der Waals surface area contributed by atoms with E-state index in [0.717, 1.165) is 0 Å². The Morgan fingerprint density at radius 2 is 1.89 bits per heavy atom. The minimum atomic E-state index is -0.918. The van der Waals surface area contributed by atoms with Gasteiger partial charge in [0.15, 0.2) is 0 Å². The van der Waals surface area contributed by atoms with Crippen LogP contribution in [0.1, 0.15) is 32.9 Å². The van der Waals surface area contributed by atoms with E-state index in [-0.39, 0.29) is 6.42 Å². The SMILES string of the molecule is CC(C)(C)C(CC#Cc1ccccn1)C(=O)OC(=O)Nc1ccc(F)cc1. The lowest BCUT2D eigenvalue weighted by atomic mass is 9.79. The largest absolute Gasteiger partial charge is 0.419 e. The van der Waals surface area contributed by atoms with Gasteiger partial charge in [-0.05, 0) is 47.7 Å². The molecule has 5 nitrogen and oxygen atoms in total. The fourth-order valence-corrected chi connectivity index (χ4v) is 2.26. The van der Waals surface area contributed by atoms with Crippen LogP contribution in [0.2, 0.25) is 0 Å². The molecule has 140 valence electrons. The third-order valence-corrected chi connectivity index (χ3v) is 3.80. The Bertz CT molecular complexity index is 847. The summed E-state index contributed by atoms with van der Waals surface area (Å²) in [5.74, 6) is 4.13. The minimum absolute atomic E-state index is 0.225. The molecule has 0 aliphatic heterocycles. The van der Waals surface area contributed by atoms with Crippen molar-refractivity contribution in [2.75, 3.05) is 5.32 Å². The van der Waals surface area contributed by atoms with Gasteiger partial charge in [-0.1, -0.05) is 32.8 Å². The summed E-state index contributed by atoms with van der Waals surface area (Å²) in [6.45, 7) is 5.62. The van der Waals surface area contributed by atoms with Gasteiger partial charge in [0.2, 0.25) is 0 Å². The Balaban J connectivity index is 2.01. The fraction of sp³-hybridized carbons (Fsp3) is 0.286. The van der Waals surface area contributed by atoms with Gasteiger partial charge in [0, 0.05) is 18.3 Å². The number of anilines is 1. The molecule has 1 atom stereocenters. The van der Waals surface area contributed by atoms with Crippen LogP contribution < -0.4 is 5.32 Å². The van der Waals surface area contributed by atoms with Crippen LogP contribution in [0.3, 0.4) is 0 Å². The summed E-state index contributed by atoms with van der Waals surface area (Å²) in [5.41, 5.74) is 0.482. The molecule has 1 amide bonds. The highest BCUT2D eigenvalue weighted by Gasteiger charge is 2.33. The molecule has 6 heteroatoms. The number of esters is 1. The predicted octanol–water partition coefficient (Wildman–Crippen LogP) is 4.40. The molecule has 0 saturated heterocycles. The molecule has 0 fully saturated rings. The van der Waals surface area contributed by atoms with E-state index in [1.807, 2.05) is 26.8 Å². The lowest BCUT2D eigenvalue weighted by Crippen LogP contribution is -2.32. The average molecular weight is 368 g/mol. The summed E-state index contributed by atoms with van der Waals surface area (Å²) in [5, 5.41) is 2.39. The summed E-state index contributed by atoms with van der Waals surface area (Å²) in [4.78, 5) is 28.5. The van der Waals surface area contributed by atoms with Crippen LogP contribution in [0.15, 0.2) is 48.7 Å². The third kappa shape index (κ3) is 6.55. The predicted molar refractivity (Wildman–Crippen MR) is 100 cm³/mol. The van der Waals surface area contributed by atoms with E-state index in [0.29, 0.717) is 11.4 Å². The molecule has 0 spiro atoms. The highest BCUT2D eigenvalue weighted by atomic mass is 19.1. The monoisotopic (exact) mass is 368 g/mol. The number of carbonyl (C=O) groups excluding carboxylic acids is 2. The molecule has 0 aliphatic carbocycles. The van der Waals surface area contributed by atoms with E-state index >= 15 is 0 Å². The van der Waals surface area contributed by atoms with Crippen molar-refractivity contribution in [1.82, 2.24) is 4.98 Å². The van der Waals surface area contributed by atoms with Crippen molar-refractivity contribution in [3.05, 3.63) is 60.2 Å². The van der Waals surface area contributed by atoms with Crippen LogP contribution in [0, 0.1) is 29.0 Å². The lowest BCUT2D eigenvalue weighted by molar-refractivity contribution is -0.145. The molecule has 1 unspecified atom stereocenters. The Morgan fingerprint density at radius 1 is 1.19 bits per heavy atom. The maximum atomic E-state index is 12.9. The number of nitrogens with zero attached hydrogens (tertiary/aromatic N) is 1. The molecular weight excluding hydrogens is 347 g/mol. The second-order valence-corrected chi connectivity index (χ2v) is 6.98. The van der Waals surface area contributed by atoms with Crippen LogP contribution in [-0.4, -0.2) is 17.0 Å². The molecule has 0 aliphatic rings. The molecule has 1 N–H and O–H groups in total. The van der Waals surface area contributed by atoms with E-state index < -0.39 is 29.2 Å². The summed E-state index contributed by atoms with van der Waals surface area (Å²) in [7, 11) is 0. The topological polar surface area (TPSA) is 68.3 Å². The number of amides is 1. The molecule has 27 heavy (non-hydrogen) atoms. The molecule has 0 bridgehead atoms. The van der Waals surface area contributed by atoms with Crippen molar-refractivity contribution >= 4 is 17.7 Å². The minimum Gasteiger partial charge on any atom is -0.376 e. The van der Waals surface area contributed by atoms with E-state index in [1.165, 1.54) is 24.3 Å². The van der Waals surface area contributed by atoms with E-state index in [9.17, 15) is 14.0 Å². The molecule has 1 aromatic heterocycles. The Labute approximate surface area is 158 Å². The van der Waals surface area contributed by atoms with Crippen molar-refractivity contribution in [3.8, 4) is 11.8 Å². The number of benzene rings is 1. The molecular formula is C21H21FN2O3. The van der Waals surface area contributed by atoms with Crippen LogP contribution in [0.5, 0.6) is 0 Å². The average Bonchev–Trinajstić information content (AvgIpc) is 2.60. The van der Waals surface area contributed by atoms with Crippen molar-refractivity contribution < 1.29 is 18.7 Å². The van der Waals surface area contributed by atoms with Crippen molar-refractivity contribution in [2.45, 2.75) is 27.2 Å². The van der Waals surface area contributed by atoms with E-state index in [4.69, 9.17) is 4.74 Å². The standard InChI is InChI=1S/C21H21FN2O3/c1-21(2,3)18(9-6-8-16-7-4-5-14-23-16)19(25)27-20(26)24-17-12-10-15(22)11-13-17/h4-5,7,10-14,18H,9H2,1-3H3,(H,24,26). The van der Waals surface area contributed by atoms with Gasteiger partial charge in [0.25, 0.3) is 0 Å². The number of rotatable bonds is 3. The number of hydrogen-bond donors (Lipinski definition) is 1. The summed E-state index contributed by atoms with van der Waals surface area (Å²) < 4.78 is 17.8. The summed E-state index contributed by atoms with van der Waals surface area (Å²) in [6.07, 6.45) is 0.945. The first kappa shape index (κ1) is 20.1. The number of pyridine rings is 1. The smallest absolute Gasteiger partial charge is 0.376 e. The molecule has 1 heterocycles. The Kier molecular flexibility index (Phi) is 6.67. The number of carbonyl (C=O) groups is 2. The maximum absolute atomic E-state index is 12.9. The molecule has 0 saturated carbocycles. The molecule has 2 rings (SSSR count). The number of halogens is 1. The van der Waals surface area contributed by atoms with E-state index in [1.54, 1.807) is 18.3 Å². The quantitative estimate of drug-likeness (QED) is 0.495. The van der Waals surface area contributed by atoms with Crippen LogP contribution in [0.25, 0.3) is 0 Å². The zero-order valence-electron chi connectivity index (χ0n) is 15.5. The molecule has 1 aromatic carbocycles. The summed E-state index contributed by atoms with van der Waals surface area (Å²) >= 11 is 0. The molecule has 0 radical (unpaired) electrons. The first-order valence-electron chi connectivity index (χ1n) is 8.44. The highest BCUT2D eigenvalue weighted by molar-refractivity contribution is 5.93.